The molecule has 1 heterocycles. The SMILES string of the molecule is CCC(=O)N[C@H](CC(C)C)C(=O)N[C@H](CC(C)C)C(=O)N[C@H](Cc1ccccc1)C(=O)N[C@H](Cc1ccccc1)C(=O)N[C@H](CCCCN)C(=O)N[C@H](CCCCn1nncc1C[C@@H](N)C(=O)N[C@H](CCCNC(=N)N)C(=O)N[C@H](CCCNC(=N)N)C(=O)N[C@@H](C(=O)N[C@@H](C(=O)N[C@H](CCCCN)C(=O)O)C(C)C)C(C)CC)C(=O)O. The van der Waals surface area contributed by atoms with Crippen LogP contribution >= 0.6 is 0 Å². The number of unbranched alkanes of at least 4 members (excludes halogenated alkanes) is 3. The van der Waals surface area contributed by atoms with Crippen LogP contribution in [0, 0.1) is 34.5 Å². The van der Waals surface area contributed by atoms with Crippen LogP contribution in [0.4, 0.5) is 0 Å². The van der Waals surface area contributed by atoms with Crippen molar-refractivity contribution in [3.05, 3.63) is 83.7 Å². The summed E-state index contributed by atoms with van der Waals surface area (Å²) in [7, 11) is 0. The van der Waals surface area contributed by atoms with E-state index in [2.05, 4.69) is 79.4 Å². The number of aromatic nitrogens is 3. The molecule has 0 spiro atoms. The standard InChI is InChI=1S/C79H131N23O15/c1-10-49(9)65(75(113)99-64(48(7)8)74(112)95-58(77(116)117)31-19-22-36-81)100-69(107)56(34-25-38-88-79(85)86)92-67(105)55(33-24-37-87-78(83)84)91-66(104)53(82)44-52-45-89-101-102(52)39-23-20-32-57(76(114)115)94-68(106)54(30-18-21-35-80)93-72(110)61(42-50-26-14-12-15-27-50)98-73(111)62(43-51-28-16-13-17-29-51)97-71(109)60(41-47(5)6)96-70(108)59(40-46(3)4)90-63(103)11-2/h12-17,26-29,45-49,53-62,64-65H,10-11,18-25,30-44,80-82H2,1-9H3,(H,90,103)(H,91,104)(H,92,105)(H,93,110)(H,94,106)(H,95,112)(H,96,108)(H,97,109)(H,98,111)(H,99,113)(H,100,107)(H,114,115)(H,116,117)(H4,83,84,87)(H4,85,86,88)/t49?,53-,54-,55-,56-,57-,58-,59-,60-,61-,62-,64-,65-/m1/s1. The van der Waals surface area contributed by atoms with E-state index in [0.717, 1.165) is 0 Å². The number of nitrogens with two attached hydrogens (primary N) is 5. The second-order valence-corrected chi connectivity index (χ2v) is 30.7. The fourth-order valence-corrected chi connectivity index (χ4v) is 12.6. The second kappa shape index (κ2) is 54.1. The maximum atomic E-state index is 14.8. The van der Waals surface area contributed by atoms with E-state index in [4.69, 9.17) is 39.5 Å². The van der Waals surface area contributed by atoms with Crippen LogP contribution in [0.3, 0.4) is 0 Å². The van der Waals surface area contributed by atoms with Crippen LogP contribution < -0.4 is 97.8 Å². The van der Waals surface area contributed by atoms with Gasteiger partial charge in [-0.3, -0.25) is 63.6 Å². The maximum absolute atomic E-state index is 14.8. The topological polar surface area (TPSA) is 627 Å². The summed E-state index contributed by atoms with van der Waals surface area (Å²) in [4.78, 5) is 181. The molecule has 3 rings (SSSR count). The molecule has 2 aromatic carbocycles. The summed E-state index contributed by atoms with van der Waals surface area (Å²) in [5.74, 6) is -12.6. The molecular weight excluding hydrogens is 1510 g/mol. The third kappa shape index (κ3) is 38.6. The Bertz CT molecular complexity index is 3660. The molecule has 27 N–H and O–H groups in total. The quantitative estimate of drug-likeness (QED) is 0.0189. The molecule has 0 aliphatic rings. The van der Waals surface area contributed by atoms with Crippen molar-refractivity contribution in [3.8, 4) is 0 Å². The van der Waals surface area contributed by atoms with Gasteiger partial charge in [-0.15, -0.1) is 5.10 Å². The molecule has 0 saturated heterocycles. The highest BCUT2D eigenvalue weighted by Crippen LogP contribution is 2.18. The van der Waals surface area contributed by atoms with Crippen molar-refractivity contribution in [2.24, 2.45) is 52.3 Å². The maximum Gasteiger partial charge on any atom is 0.326 e. The summed E-state index contributed by atoms with van der Waals surface area (Å²) in [6.07, 6.45) is 4.22. The van der Waals surface area contributed by atoms with E-state index in [0.29, 0.717) is 61.9 Å². The molecule has 0 radical (unpaired) electrons. The number of carboxylic acids is 2. The minimum atomic E-state index is -1.48. The predicted octanol–water partition coefficient (Wildman–Crippen LogP) is -0.706. The van der Waals surface area contributed by atoms with Crippen molar-refractivity contribution >= 4 is 88.8 Å². The zero-order chi connectivity index (χ0) is 87.3. The second-order valence-electron chi connectivity index (χ2n) is 30.7. The number of hydrogen-bond donors (Lipinski definition) is 22. The molecule has 117 heavy (non-hydrogen) atoms. The Balaban J connectivity index is 1.85. The Morgan fingerprint density at radius 3 is 1.21 bits per heavy atom. The number of aryl methyl sites for hydroxylation is 1. The number of nitrogens with one attached hydrogen (secondary N) is 15. The molecule has 1 unspecified atom stereocenters. The fourth-order valence-electron chi connectivity index (χ4n) is 12.6. The molecule has 38 heteroatoms. The van der Waals surface area contributed by atoms with E-state index in [1.807, 2.05) is 27.7 Å². The van der Waals surface area contributed by atoms with Gasteiger partial charge in [0.2, 0.25) is 65.0 Å². The van der Waals surface area contributed by atoms with Crippen LogP contribution in [-0.2, 0) is 88.1 Å². The van der Waals surface area contributed by atoms with E-state index < -0.39 is 155 Å². The number of carbonyl (C=O) groups excluding carboxylic acids is 11. The summed E-state index contributed by atoms with van der Waals surface area (Å²) >= 11 is 0. The number of nitrogens with zero attached hydrogens (tertiary/aromatic N) is 3. The predicted molar refractivity (Wildman–Crippen MR) is 440 cm³/mol. The lowest BCUT2D eigenvalue weighted by molar-refractivity contribution is -0.143. The Morgan fingerprint density at radius 2 is 0.786 bits per heavy atom. The van der Waals surface area contributed by atoms with Crippen LogP contribution in [0.15, 0.2) is 66.9 Å². The monoisotopic (exact) mass is 1640 g/mol. The first-order chi connectivity index (χ1) is 55.5. The Kier molecular flexibility index (Phi) is 46.4. The number of guanidine groups is 2. The molecule has 652 valence electrons. The zero-order valence-corrected chi connectivity index (χ0v) is 69.2. The first-order valence-corrected chi connectivity index (χ1v) is 40.6. The number of hydrogen-bond acceptors (Lipinski definition) is 20. The average molecular weight is 1640 g/mol. The van der Waals surface area contributed by atoms with Crippen LogP contribution in [0.1, 0.15) is 188 Å². The summed E-state index contributed by atoms with van der Waals surface area (Å²) in [5, 5.41) is 79.0. The molecule has 0 fully saturated rings. The van der Waals surface area contributed by atoms with E-state index in [1.54, 1.807) is 95.3 Å². The number of rotatable bonds is 58. The number of carboxylic acid groups (broad SMARTS) is 2. The summed E-state index contributed by atoms with van der Waals surface area (Å²) in [6.45, 7) is 16.8. The average Bonchev–Trinajstić information content (AvgIpc) is 1.02. The van der Waals surface area contributed by atoms with Gasteiger partial charge in [-0.05, 0) is 144 Å². The van der Waals surface area contributed by atoms with Gasteiger partial charge < -0.3 is 108 Å². The van der Waals surface area contributed by atoms with Crippen molar-refractivity contribution < 1.29 is 72.5 Å². The van der Waals surface area contributed by atoms with Crippen molar-refractivity contribution in [3.63, 3.8) is 0 Å². The summed E-state index contributed by atoms with van der Waals surface area (Å²) in [5.41, 5.74) is 30.7. The molecule has 1 aromatic heterocycles. The van der Waals surface area contributed by atoms with E-state index >= 15 is 0 Å². The lowest BCUT2D eigenvalue weighted by Crippen LogP contribution is -2.61. The van der Waals surface area contributed by atoms with E-state index in [-0.39, 0.29) is 146 Å². The van der Waals surface area contributed by atoms with Crippen molar-refractivity contribution in [1.29, 1.82) is 10.8 Å². The smallest absolute Gasteiger partial charge is 0.326 e. The van der Waals surface area contributed by atoms with Crippen molar-refractivity contribution in [1.82, 2.24) is 84.1 Å². The van der Waals surface area contributed by atoms with Crippen molar-refractivity contribution in [2.45, 2.75) is 270 Å². The molecule has 13 atom stereocenters. The van der Waals surface area contributed by atoms with Crippen LogP contribution in [0.2, 0.25) is 0 Å². The number of benzene rings is 2. The van der Waals surface area contributed by atoms with Crippen LogP contribution in [-0.4, -0.2) is 213 Å². The van der Waals surface area contributed by atoms with Crippen LogP contribution in [0.25, 0.3) is 0 Å². The van der Waals surface area contributed by atoms with Gasteiger partial charge in [0, 0.05) is 45.3 Å². The minimum Gasteiger partial charge on any atom is -0.480 e. The summed E-state index contributed by atoms with van der Waals surface area (Å²) < 4.78 is 1.45. The van der Waals surface area contributed by atoms with Gasteiger partial charge in [0.25, 0.3) is 0 Å². The fraction of sp³-hybridized carbons (Fsp3) is 0.633. The number of aliphatic carboxylic acids is 2. The lowest BCUT2D eigenvalue weighted by atomic mass is 9.95. The highest BCUT2D eigenvalue weighted by Gasteiger charge is 2.38. The molecule has 3 aromatic rings. The van der Waals surface area contributed by atoms with Gasteiger partial charge in [-0.1, -0.05) is 135 Å². The molecule has 0 saturated carbocycles. The normalized spacial score (nSPS) is 14.6. The Labute approximate surface area is 685 Å². The minimum absolute atomic E-state index is 0.00161. The summed E-state index contributed by atoms with van der Waals surface area (Å²) in [6, 6.07) is 2.03. The van der Waals surface area contributed by atoms with Gasteiger partial charge >= 0.3 is 11.9 Å². The molecule has 38 nitrogen and oxygen atoms in total. The molecule has 11 amide bonds. The van der Waals surface area contributed by atoms with Crippen molar-refractivity contribution in [2.75, 3.05) is 26.2 Å². The third-order valence-corrected chi connectivity index (χ3v) is 19.5. The highest BCUT2D eigenvalue weighted by molar-refractivity contribution is 5.99. The van der Waals surface area contributed by atoms with Gasteiger partial charge in [0.1, 0.15) is 66.5 Å². The number of carbonyl (C=O) groups is 13. The molecular formula is C79H131N23O15. The lowest BCUT2D eigenvalue weighted by Gasteiger charge is -2.30. The van der Waals surface area contributed by atoms with Gasteiger partial charge in [-0.25, -0.2) is 14.3 Å². The van der Waals surface area contributed by atoms with E-state index in [9.17, 15) is 72.5 Å². The first-order valence-electron chi connectivity index (χ1n) is 40.6. The Morgan fingerprint density at radius 1 is 0.427 bits per heavy atom. The molecule has 0 bridgehead atoms. The molecule has 0 aliphatic heterocycles. The zero-order valence-electron chi connectivity index (χ0n) is 69.2. The highest BCUT2D eigenvalue weighted by atomic mass is 16.4. The van der Waals surface area contributed by atoms with Gasteiger partial charge in [-0.2, -0.15) is 0 Å². The van der Waals surface area contributed by atoms with Gasteiger partial charge in [0.15, 0.2) is 11.9 Å². The Hall–Kier alpha value is -10.9. The third-order valence-electron chi connectivity index (χ3n) is 19.5. The first kappa shape index (κ1) is 100. The largest absolute Gasteiger partial charge is 0.480 e. The molecule has 0 aliphatic carbocycles. The van der Waals surface area contributed by atoms with E-state index in [1.165, 1.54) is 10.9 Å². The number of amides is 11. The van der Waals surface area contributed by atoms with Crippen LogP contribution in [0.5, 0.6) is 0 Å². The van der Waals surface area contributed by atoms with Gasteiger partial charge in [0.05, 0.1) is 17.9 Å².